The van der Waals surface area contributed by atoms with E-state index in [-0.39, 0.29) is 10.8 Å². The third-order valence-electron chi connectivity index (χ3n) is 13.8. The van der Waals surface area contributed by atoms with Crippen LogP contribution in [0.3, 0.4) is 0 Å². The van der Waals surface area contributed by atoms with E-state index in [4.69, 9.17) is 4.98 Å². The molecular formula is C58H46BN4S2. The highest BCUT2D eigenvalue weighted by atomic mass is 32.1. The molecule has 0 amide bonds. The van der Waals surface area contributed by atoms with Gasteiger partial charge in [-0.15, -0.1) is 22.7 Å². The molecule has 0 saturated heterocycles. The van der Waals surface area contributed by atoms with Gasteiger partial charge in [0.1, 0.15) is 5.82 Å². The van der Waals surface area contributed by atoms with Crippen molar-refractivity contribution >= 4 is 125 Å². The minimum Gasteiger partial charge on any atom is -0.355 e. The number of aryl methyl sites for hydroxylation is 1. The summed E-state index contributed by atoms with van der Waals surface area (Å²) in [5.41, 5.74) is 16.6. The molecule has 0 unspecified atom stereocenters. The maximum absolute atomic E-state index is 5.31. The van der Waals surface area contributed by atoms with Crippen LogP contribution < -0.4 is 16.2 Å². The molecule has 4 nitrogen and oxygen atoms in total. The van der Waals surface area contributed by atoms with Crippen LogP contribution in [0.15, 0.2) is 146 Å². The summed E-state index contributed by atoms with van der Waals surface area (Å²) >= 11 is 3.80. The van der Waals surface area contributed by atoms with Gasteiger partial charge in [0, 0.05) is 91.9 Å². The van der Waals surface area contributed by atoms with Gasteiger partial charge in [0.15, 0.2) is 7.28 Å². The predicted molar refractivity (Wildman–Crippen MR) is 284 cm³/mol. The monoisotopic (exact) mass is 873 g/mol. The topological polar surface area (TPSA) is 34.8 Å². The molecule has 4 aromatic heterocycles. The molecule has 13 rings (SSSR count). The second-order valence-corrected chi connectivity index (χ2v) is 22.1. The van der Waals surface area contributed by atoms with Gasteiger partial charge in [-0.05, 0) is 93.6 Å². The summed E-state index contributed by atoms with van der Waals surface area (Å²) in [6.45, 7) is 13.8. The van der Waals surface area contributed by atoms with E-state index in [1.54, 1.807) is 0 Å². The molecule has 0 fully saturated rings. The number of rotatable bonds is 4. The molecule has 1 aliphatic rings. The van der Waals surface area contributed by atoms with Crippen LogP contribution in [-0.2, 0) is 17.9 Å². The quantitative estimate of drug-likeness (QED) is 0.179. The average Bonchev–Trinajstić information content (AvgIpc) is 4.04. The highest BCUT2D eigenvalue weighted by molar-refractivity contribution is 7.27. The zero-order valence-corrected chi connectivity index (χ0v) is 39.2. The second-order valence-electron chi connectivity index (χ2n) is 20.0. The van der Waals surface area contributed by atoms with Crippen molar-refractivity contribution in [1.29, 1.82) is 0 Å². The SMILES string of the molecule is Cn1c(-c2ccccc2)nc2cc3c(cc21)-n1c2ccc(C(C)(C)C)cc2c2c4c(sc5ccccc54)c(-c4cc5c(cc4Nc4ccc(C(C)(C)C)cc4)sc4ccccc45)c(c21)[B]3. The summed E-state index contributed by atoms with van der Waals surface area (Å²) in [5.74, 6) is 0.966. The van der Waals surface area contributed by atoms with Crippen LogP contribution in [0.5, 0.6) is 0 Å². The third-order valence-corrected chi connectivity index (χ3v) is 16.2. The van der Waals surface area contributed by atoms with Gasteiger partial charge in [0.25, 0.3) is 0 Å². The highest BCUT2D eigenvalue weighted by Crippen LogP contribution is 2.51. The van der Waals surface area contributed by atoms with Crippen LogP contribution in [-0.4, -0.2) is 21.4 Å². The van der Waals surface area contributed by atoms with Gasteiger partial charge in [-0.1, -0.05) is 132 Å². The first-order valence-electron chi connectivity index (χ1n) is 22.6. The zero-order chi connectivity index (χ0) is 44.1. The molecule has 7 heteroatoms. The van der Waals surface area contributed by atoms with Crippen LogP contribution in [0.1, 0.15) is 52.7 Å². The minimum atomic E-state index is -0.0233. The fourth-order valence-electron chi connectivity index (χ4n) is 10.5. The van der Waals surface area contributed by atoms with Crippen LogP contribution in [0.25, 0.3) is 101 Å². The number of benzene rings is 8. The Morgan fingerprint density at radius 1 is 0.585 bits per heavy atom. The molecule has 1 radical (unpaired) electrons. The van der Waals surface area contributed by atoms with Crippen LogP contribution in [0.4, 0.5) is 11.4 Å². The largest absolute Gasteiger partial charge is 0.355 e. The summed E-state index contributed by atoms with van der Waals surface area (Å²) in [6, 6.07) is 54.4. The lowest BCUT2D eigenvalue weighted by Crippen LogP contribution is -2.37. The van der Waals surface area contributed by atoms with Crippen LogP contribution in [0, 0.1) is 0 Å². The van der Waals surface area contributed by atoms with Gasteiger partial charge < -0.3 is 14.5 Å². The van der Waals surface area contributed by atoms with E-state index >= 15 is 0 Å². The van der Waals surface area contributed by atoms with Crippen molar-refractivity contribution in [1.82, 2.24) is 14.1 Å². The maximum Gasteiger partial charge on any atom is 0.198 e. The Labute approximate surface area is 387 Å². The number of nitrogens with zero attached hydrogens (tertiary/aromatic N) is 3. The lowest BCUT2D eigenvalue weighted by molar-refractivity contribution is 0.590. The Hall–Kier alpha value is -6.67. The van der Waals surface area contributed by atoms with Crippen molar-refractivity contribution in [3.63, 3.8) is 0 Å². The lowest BCUT2D eigenvalue weighted by atomic mass is 9.58. The molecule has 0 aliphatic carbocycles. The van der Waals surface area contributed by atoms with Gasteiger partial charge in [0.2, 0.25) is 0 Å². The molecule has 0 spiro atoms. The number of hydrogen-bond acceptors (Lipinski definition) is 4. The van der Waals surface area contributed by atoms with Crippen molar-refractivity contribution in [2.45, 2.75) is 52.4 Å². The molecule has 313 valence electrons. The number of hydrogen-bond donors (Lipinski definition) is 1. The molecule has 0 saturated carbocycles. The number of aromatic nitrogens is 3. The van der Waals surface area contributed by atoms with E-state index in [9.17, 15) is 0 Å². The first-order chi connectivity index (χ1) is 31.4. The van der Waals surface area contributed by atoms with E-state index < -0.39 is 0 Å². The van der Waals surface area contributed by atoms with E-state index in [0.29, 0.717) is 0 Å². The Balaban J connectivity index is 1.18. The molecule has 1 N–H and O–H groups in total. The van der Waals surface area contributed by atoms with Gasteiger partial charge in [-0.3, -0.25) is 0 Å². The first-order valence-corrected chi connectivity index (χ1v) is 24.2. The van der Waals surface area contributed by atoms with Gasteiger partial charge >= 0.3 is 0 Å². The Bertz CT molecular complexity index is 3960. The summed E-state index contributed by atoms with van der Waals surface area (Å²) in [7, 11) is 4.63. The number of nitrogens with one attached hydrogen (secondary N) is 1. The average molecular weight is 874 g/mol. The molecule has 0 bridgehead atoms. The molecule has 1 aliphatic heterocycles. The second kappa shape index (κ2) is 13.7. The number of imidazole rings is 1. The number of anilines is 2. The lowest BCUT2D eigenvalue weighted by Gasteiger charge is -2.25. The Kier molecular flexibility index (Phi) is 8.16. The van der Waals surface area contributed by atoms with Crippen molar-refractivity contribution in [3.05, 3.63) is 157 Å². The summed E-state index contributed by atoms with van der Waals surface area (Å²) in [4.78, 5) is 5.31. The number of thiophene rings is 2. The Morgan fingerprint density at radius 2 is 1.28 bits per heavy atom. The van der Waals surface area contributed by atoms with Gasteiger partial charge in [-0.25, -0.2) is 4.98 Å². The molecule has 8 aromatic carbocycles. The van der Waals surface area contributed by atoms with E-state index in [0.717, 1.165) is 39.3 Å². The van der Waals surface area contributed by atoms with Gasteiger partial charge in [0.05, 0.1) is 16.6 Å². The smallest absolute Gasteiger partial charge is 0.198 e. The minimum absolute atomic E-state index is 0.0233. The molecule has 65 heavy (non-hydrogen) atoms. The summed E-state index contributed by atoms with van der Waals surface area (Å²) < 4.78 is 10.0. The van der Waals surface area contributed by atoms with E-state index in [1.807, 2.05) is 22.7 Å². The third kappa shape index (κ3) is 5.78. The van der Waals surface area contributed by atoms with Crippen LogP contribution in [0.2, 0.25) is 0 Å². The Morgan fingerprint density at radius 3 is 2.03 bits per heavy atom. The summed E-state index contributed by atoms with van der Waals surface area (Å²) in [6.07, 6.45) is 0. The van der Waals surface area contributed by atoms with E-state index in [1.165, 1.54) is 95.6 Å². The van der Waals surface area contributed by atoms with Crippen molar-refractivity contribution in [3.8, 4) is 28.2 Å². The molecule has 5 heterocycles. The fourth-order valence-corrected chi connectivity index (χ4v) is 12.9. The standard InChI is InChI=1S/C58H46BN4S2/c1-57(2,3)33-21-24-35(25-22-33)60-42-30-49-38(36-17-11-13-19-47(36)64-49)28-39(42)52-53-54-50(51-37-18-12-14-20-48(37)65-55(51)52)40-27-34(58(4,5)6)23-26-44(40)63(54)45-31-46-43(29-41(45)59-53)61-56(62(46)7)32-15-9-8-10-16-32/h8-31,60H,1-7H3. The fraction of sp³-hybridized carbons (Fsp3) is 0.155. The molecule has 0 atom stereocenters. The summed E-state index contributed by atoms with van der Waals surface area (Å²) in [5, 5.41) is 11.8. The maximum atomic E-state index is 5.31. The molecular weight excluding hydrogens is 828 g/mol. The molecule has 12 aromatic rings. The zero-order valence-electron chi connectivity index (χ0n) is 37.6. The van der Waals surface area contributed by atoms with Gasteiger partial charge in [-0.2, -0.15) is 0 Å². The van der Waals surface area contributed by atoms with Crippen molar-refractivity contribution in [2.24, 2.45) is 7.05 Å². The highest BCUT2D eigenvalue weighted by Gasteiger charge is 2.33. The van der Waals surface area contributed by atoms with Crippen LogP contribution >= 0.6 is 22.7 Å². The van der Waals surface area contributed by atoms with Crippen molar-refractivity contribution < 1.29 is 0 Å². The van der Waals surface area contributed by atoms with E-state index in [2.05, 4.69) is 216 Å². The number of fused-ring (bicyclic) bond motifs is 13. The normalized spacial score (nSPS) is 13.0. The first kappa shape index (κ1) is 38.8. The van der Waals surface area contributed by atoms with Crippen molar-refractivity contribution in [2.75, 3.05) is 5.32 Å². The predicted octanol–water partition coefficient (Wildman–Crippen LogP) is 15.0.